The topological polar surface area (TPSA) is 74.6 Å². The van der Waals surface area contributed by atoms with E-state index in [9.17, 15) is 14.0 Å². The molecule has 0 spiro atoms. The quantitative estimate of drug-likeness (QED) is 0.722. The van der Waals surface area contributed by atoms with E-state index in [1.165, 1.54) is 6.20 Å². The van der Waals surface area contributed by atoms with Gasteiger partial charge in [-0.1, -0.05) is 0 Å². The van der Waals surface area contributed by atoms with Gasteiger partial charge in [0.2, 0.25) is 5.43 Å². The van der Waals surface area contributed by atoms with Crippen molar-refractivity contribution in [3.63, 3.8) is 0 Å². The van der Waals surface area contributed by atoms with E-state index in [-0.39, 0.29) is 33.3 Å². The van der Waals surface area contributed by atoms with Crippen molar-refractivity contribution in [3.8, 4) is 0 Å². The van der Waals surface area contributed by atoms with Gasteiger partial charge in [0, 0.05) is 44.3 Å². The van der Waals surface area contributed by atoms with Crippen LogP contribution in [0.15, 0.2) is 23.1 Å². The minimum absolute atomic E-state index is 0. The number of benzene rings is 1. The first-order valence-corrected chi connectivity index (χ1v) is 7.58. The van der Waals surface area contributed by atoms with Crippen LogP contribution in [0.4, 0.5) is 10.1 Å². The van der Waals surface area contributed by atoms with Gasteiger partial charge in [0.1, 0.15) is 11.4 Å². The Hall–Kier alpha value is -1.67. The number of fused-ring (bicyclic) bond motifs is 1. The smallest absolute Gasteiger partial charge is 0.477 e. The average molecular weight is 427 g/mol. The number of aryl methyl sites for hydroxylation is 1. The molecule has 1 aromatic heterocycles. The molecule has 1 aliphatic heterocycles. The number of aromatic nitrogens is 1. The molecule has 3 rings (SSSR count). The number of carboxylic acids is 1. The van der Waals surface area contributed by atoms with Crippen molar-refractivity contribution in [3.05, 3.63) is 39.9 Å². The van der Waals surface area contributed by atoms with Gasteiger partial charge in [-0.15, -0.1) is 0 Å². The molecule has 0 atom stereocenters. The van der Waals surface area contributed by atoms with Crippen molar-refractivity contribution in [2.75, 3.05) is 31.1 Å². The predicted molar refractivity (Wildman–Crippen MR) is 85.9 cm³/mol. The van der Waals surface area contributed by atoms with Crippen LogP contribution in [0.3, 0.4) is 0 Å². The summed E-state index contributed by atoms with van der Waals surface area (Å²) in [5, 5.41) is 12.5. The van der Waals surface area contributed by atoms with Gasteiger partial charge in [0.25, 0.3) is 0 Å². The summed E-state index contributed by atoms with van der Waals surface area (Å²) in [5.41, 5.74) is 0.0118. The van der Waals surface area contributed by atoms with Gasteiger partial charge in [-0.25, -0.2) is 9.18 Å². The molecule has 132 valence electrons. The van der Waals surface area contributed by atoms with Crippen molar-refractivity contribution in [1.29, 1.82) is 0 Å². The Morgan fingerprint density at radius 2 is 2.00 bits per heavy atom. The van der Waals surface area contributed by atoms with E-state index in [0.717, 1.165) is 19.2 Å². The molecule has 2 N–H and O–H groups in total. The number of rotatable bonds is 3. The molecule has 0 radical (unpaired) electrons. The number of nitrogens with one attached hydrogen (secondary N) is 1. The van der Waals surface area contributed by atoms with Crippen LogP contribution in [0.5, 0.6) is 0 Å². The van der Waals surface area contributed by atoms with Crippen LogP contribution in [-0.2, 0) is 28.9 Å². The van der Waals surface area contributed by atoms with E-state index in [1.54, 1.807) is 10.6 Å². The second-order valence-electron chi connectivity index (χ2n) is 5.52. The molecular formula is C16H18AgFN3O3+. The Kier molecular flexibility index (Phi) is 5.82. The maximum Gasteiger partial charge on any atom is 1.00 e. The normalized spacial score (nSPS) is 14.5. The number of pyridine rings is 1. The first-order chi connectivity index (χ1) is 11.0. The summed E-state index contributed by atoms with van der Waals surface area (Å²) < 4.78 is 16.2. The zero-order chi connectivity index (χ0) is 16.6. The molecule has 1 aliphatic rings. The molecule has 1 aromatic carbocycles. The summed E-state index contributed by atoms with van der Waals surface area (Å²) in [6, 6.07) is 2.81. The Morgan fingerprint density at radius 1 is 1.33 bits per heavy atom. The molecule has 2 heterocycles. The van der Waals surface area contributed by atoms with Crippen LogP contribution in [-0.4, -0.2) is 41.8 Å². The number of hydrogen-bond donors (Lipinski definition) is 2. The summed E-state index contributed by atoms with van der Waals surface area (Å²) in [5.74, 6) is -1.80. The van der Waals surface area contributed by atoms with Gasteiger partial charge in [-0.3, -0.25) is 4.79 Å². The van der Waals surface area contributed by atoms with Crippen LogP contribution >= 0.6 is 0 Å². The Balaban J connectivity index is 0.00000208. The number of aromatic carboxylic acids is 1. The third-order valence-corrected chi connectivity index (χ3v) is 4.18. The van der Waals surface area contributed by atoms with E-state index in [1.807, 2.05) is 11.8 Å². The number of carbonyl (C=O) groups is 1. The molecule has 0 unspecified atom stereocenters. The average Bonchev–Trinajstić information content (AvgIpc) is 2.55. The minimum atomic E-state index is -1.30. The SMILES string of the molecule is CCn1cc(C(=O)O)c(=O)c2cc(F)c(N3CCNCC3)cc21.[Ag+]. The number of anilines is 1. The third kappa shape index (κ3) is 3.25. The van der Waals surface area contributed by atoms with Gasteiger partial charge in [0.15, 0.2) is 0 Å². The van der Waals surface area contributed by atoms with Crippen molar-refractivity contribution < 1.29 is 36.7 Å². The number of nitrogens with zero attached hydrogens (tertiary/aromatic N) is 2. The molecule has 8 heteroatoms. The monoisotopic (exact) mass is 426 g/mol. The molecule has 1 saturated heterocycles. The molecule has 6 nitrogen and oxygen atoms in total. The summed E-state index contributed by atoms with van der Waals surface area (Å²) in [6.45, 7) is 5.26. The Labute approximate surface area is 153 Å². The van der Waals surface area contributed by atoms with Crippen LogP contribution in [0.25, 0.3) is 10.9 Å². The number of piperazine rings is 1. The van der Waals surface area contributed by atoms with Crippen molar-refractivity contribution in [2.24, 2.45) is 0 Å². The van der Waals surface area contributed by atoms with E-state index in [0.29, 0.717) is 30.8 Å². The summed E-state index contributed by atoms with van der Waals surface area (Å²) in [6.07, 6.45) is 1.33. The molecule has 24 heavy (non-hydrogen) atoms. The predicted octanol–water partition coefficient (Wildman–Crippen LogP) is 1.27. The maximum atomic E-state index is 14.5. The molecule has 0 bridgehead atoms. The first-order valence-electron chi connectivity index (χ1n) is 7.58. The summed E-state index contributed by atoms with van der Waals surface area (Å²) >= 11 is 0. The molecule has 0 amide bonds. The van der Waals surface area contributed by atoms with E-state index in [4.69, 9.17) is 5.11 Å². The maximum absolute atomic E-state index is 14.5. The van der Waals surface area contributed by atoms with Crippen LogP contribution < -0.4 is 15.6 Å². The fraction of sp³-hybridized carbons (Fsp3) is 0.375. The minimum Gasteiger partial charge on any atom is -0.477 e. The standard InChI is InChI=1S/C16H18FN3O3.Ag/c1-2-19-9-11(16(22)23)15(21)10-7-12(17)14(8-13(10)19)20-5-3-18-4-6-20;/h7-9,18H,2-6H2,1H3,(H,22,23);/q;+1. The number of carboxylic acid groups (broad SMARTS) is 1. The fourth-order valence-corrected chi connectivity index (χ4v) is 2.96. The molecular weight excluding hydrogens is 409 g/mol. The summed E-state index contributed by atoms with van der Waals surface area (Å²) in [7, 11) is 0. The third-order valence-electron chi connectivity index (χ3n) is 4.18. The zero-order valence-corrected chi connectivity index (χ0v) is 14.6. The first kappa shape index (κ1) is 18.7. The number of halogens is 1. The van der Waals surface area contributed by atoms with Gasteiger partial charge >= 0.3 is 28.3 Å². The molecule has 0 saturated carbocycles. The van der Waals surface area contributed by atoms with E-state index < -0.39 is 17.2 Å². The van der Waals surface area contributed by atoms with Gasteiger partial charge in [0.05, 0.1) is 11.2 Å². The second kappa shape index (κ2) is 7.48. The molecule has 0 aliphatic carbocycles. The molecule has 1 fully saturated rings. The molecule has 2 aromatic rings. The fourth-order valence-electron chi connectivity index (χ4n) is 2.96. The Morgan fingerprint density at radius 3 is 2.58 bits per heavy atom. The second-order valence-corrected chi connectivity index (χ2v) is 5.52. The van der Waals surface area contributed by atoms with Gasteiger partial charge in [-0.05, 0) is 19.1 Å². The van der Waals surface area contributed by atoms with Crippen LogP contribution in [0.1, 0.15) is 17.3 Å². The van der Waals surface area contributed by atoms with Crippen molar-refractivity contribution in [2.45, 2.75) is 13.5 Å². The summed E-state index contributed by atoms with van der Waals surface area (Å²) in [4.78, 5) is 25.4. The Bertz CT molecular complexity index is 831. The van der Waals surface area contributed by atoms with E-state index >= 15 is 0 Å². The van der Waals surface area contributed by atoms with Gasteiger partial charge in [-0.2, -0.15) is 0 Å². The largest absolute Gasteiger partial charge is 1.00 e. The van der Waals surface area contributed by atoms with E-state index in [2.05, 4.69) is 5.32 Å². The van der Waals surface area contributed by atoms with Crippen LogP contribution in [0, 0.1) is 5.82 Å². The van der Waals surface area contributed by atoms with Crippen molar-refractivity contribution >= 4 is 22.6 Å². The van der Waals surface area contributed by atoms with Crippen molar-refractivity contribution in [1.82, 2.24) is 9.88 Å². The van der Waals surface area contributed by atoms with Gasteiger partial charge < -0.3 is 19.9 Å². The zero-order valence-electron chi connectivity index (χ0n) is 13.1. The number of hydrogen-bond acceptors (Lipinski definition) is 4. The van der Waals surface area contributed by atoms with Crippen LogP contribution in [0.2, 0.25) is 0 Å².